The molecule has 31 heavy (non-hydrogen) atoms. The van der Waals surface area contributed by atoms with Crippen LogP contribution in [0, 0.1) is 6.92 Å². The Balaban J connectivity index is 1.34. The van der Waals surface area contributed by atoms with Crippen LogP contribution in [-0.4, -0.2) is 67.1 Å². The standard InChI is InChI=1S/C21H20F3N5O2/c1-13-16(17-18-25-5-6-29(18)12-26-19(17)31-13)20(30)28-9-7-27(8-10-28)15-4-2-3-14(11-15)21(22,23)24/h2-4,11-12H,5-10H2,1H3. The average molecular weight is 431 g/mol. The molecule has 162 valence electrons. The molecule has 5 rings (SSSR count). The lowest BCUT2D eigenvalue weighted by atomic mass is 10.1. The Kier molecular flexibility index (Phi) is 4.53. The summed E-state index contributed by atoms with van der Waals surface area (Å²) in [5, 5.41) is 0. The monoisotopic (exact) mass is 431 g/mol. The summed E-state index contributed by atoms with van der Waals surface area (Å²) in [4.78, 5) is 27.6. The van der Waals surface area contributed by atoms with Gasteiger partial charge in [-0.25, -0.2) is 4.99 Å². The molecule has 1 aromatic carbocycles. The molecule has 3 aliphatic rings. The van der Waals surface area contributed by atoms with Crippen LogP contribution in [0.2, 0.25) is 0 Å². The van der Waals surface area contributed by atoms with Gasteiger partial charge in [0, 0.05) is 38.4 Å². The maximum atomic E-state index is 13.3. The van der Waals surface area contributed by atoms with Crippen LogP contribution < -0.4 is 4.90 Å². The van der Waals surface area contributed by atoms with Gasteiger partial charge in [0.05, 0.1) is 23.2 Å². The van der Waals surface area contributed by atoms with E-state index in [1.165, 1.54) is 6.07 Å². The van der Waals surface area contributed by atoms with Gasteiger partial charge >= 0.3 is 6.18 Å². The Morgan fingerprint density at radius 1 is 1.13 bits per heavy atom. The molecule has 2 aromatic rings. The van der Waals surface area contributed by atoms with Crippen LogP contribution in [0.1, 0.15) is 27.2 Å². The number of anilines is 1. The molecular formula is C21H20F3N5O2. The number of hydrogen-bond donors (Lipinski definition) is 0. The highest BCUT2D eigenvalue weighted by atomic mass is 19.4. The fourth-order valence-corrected chi connectivity index (χ4v) is 4.21. The van der Waals surface area contributed by atoms with Crippen LogP contribution in [0.4, 0.5) is 24.7 Å². The number of benzene rings is 1. The maximum Gasteiger partial charge on any atom is 0.416 e. The van der Waals surface area contributed by atoms with Crippen molar-refractivity contribution in [2.24, 2.45) is 9.98 Å². The molecule has 1 fully saturated rings. The van der Waals surface area contributed by atoms with Crippen molar-refractivity contribution in [2.45, 2.75) is 13.1 Å². The molecule has 0 radical (unpaired) electrons. The predicted octanol–water partition coefficient (Wildman–Crippen LogP) is 3.30. The van der Waals surface area contributed by atoms with Crippen LogP contribution in [-0.2, 0) is 6.18 Å². The number of aliphatic imine (C=N–C) groups is 2. The van der Waals surface area contributed by atoms with E-state index in [2.05, 4.69) is 9.98 Å². The zero-order valence-corrected chi connectivity index (χ0v) is 16.8. The predicted molar refractivity (Wildman–Crippen MR) is 109 cm³/mol. The minimum atomic E-state index is -4.38. The van der Waals surface area contributed by atoms with E-state index in [1.807, 2.05) is 9.80 Å². The van der Waals surface area contributed by atoms with Crippen molar-refractivity contribution < 1.29 is 22.4 Å². The molecule has 0 unspecified atom stereocenters. The molecule has 10 heteroatoms. The number of rotatable bonds is 2. The van der Waals surface area contributed by atoms with Crippen LogP contribution >= 0.6 is 0 Å². The fraction of sp³-hybridized carbons (Fsp3) is 0.381. The second-order valence-electron chi connectivity index (χ2n) is 7.68. The maximum absolute atomic E-state index is 13.3. The van der Waals surface area contributed by atoms with Crippen molar-refractivity contribution in [3.05, 3.63) is 46.7 Å². The van der Waals surface area contributed by atoms with Gasteiger partial charge in [-0.3, -0.25) is 9.79 Å². The molecule has 0 atom stereocenters. The number of fused-ring (bicyclic) bond motifs is 3. The minimum absolute atomic E-state index is 0.169. The molecule has 0 spiro atoms. The molecule has 1 aromatic heterocycles. The van der Waals surface area contributed by atoms with E-state index in [-0.39, 0.29) is 5.91 Å². The first kappa shape index (κ1) is 19.7. The summed E-state index contributed by atoms with van der Waals surface area (Å²) in [6.45, 7) is 4.76. The van der Waals surface area contributed by atoms with Gasteiger partial charge in [-0.2, -0.15) is 13.2 Å². The summed E-state index contributed by atoms with van der Waals surface area (Å²) >= 11 is 0. The minimum Gasteiger partial charge on any atom is -0.442 e. The number of aryl methyl sites for hydroxylation is 1. The number of halogens is 3. The molecule has 0 N–H and O–H groups in total. The van der Waals surface area contributed by atoms with Crippen molar-refractivity contribution >= 4 is 29.7 Å². The quantitative estimate of drug-likeness (QED) is 0.732. The number of hydrogen-bond acceptors (Lipinski definition) is 6. The van der Waals surface area contributed by atoms with E-state index in [0.717, 1.165) is 12.1 Å². The van der Waals surface area contributed by atoms with Gasteiger partial charge in [-0.05, 0) is 25.1 Å². The van der Waals surface area contributed by atoms with Crippen molar-refractivity contribution in [3.8, 4) is 0 Å². The summed E-state index contributed by atoms with van der Waals surface area (Å²) in [5.41, 5.74) is 0.920. The highest BCUT2D eigenvalue weighted by Gasteiger charge is 2.36. The summed E-state index contributed by atoms with van der Waals surface area (Å²) in [6.07, 6.45) is -2.72. The van der Waals surface area contributed by atoms with E-state index < -0.39 is 11.7 Å². The first-order valence-electron chi connectivity index (χ1n) is 10.0. The van der Waals surface area contributed by atoms with Crippen molar-refractivity contribution in [3.63, 3.8) is 0 Å². The van der Waals surface area contributed by atoms with E-state index in [0.29, 0.717) is 73.6 Å². The fourth-order valence-electron chi connectivity index (χ4n) is 4.21. The smallest absolute Gasteiger partial charge is 0.416 e. The Labute approximate surface area is 176 Å². The molecule has 1 saturated heterocycles. The SMILES string of the molecule is Cc1oc2c(c1C(=O)N1CCN(c3cccc(C(F)(F)F)c3)CC1)C1=NCCN1C=N2. The summed E-state index contributed by atoms with van der Waals surface area (Å²) in [6, 6.07) is 5.28. The number of piperazine rings is 1. The summed E-state index contributed by atoms with van der Waals surface area (Å²) in [5.74, 6) is 1.41. The molecule has 0 aliphatic carbocycles. The second-order valence-corrected chi connectivity index (χ2v) is 7.68. The van der Waals surface area contributed by atoms with Gasteiger partial charge in [0.2, 0.25) is 5.88 Å². The van der Waals surface area contributed by atoms with Crippen molar-refractivity contribution in [2.75, 3.05) is 44.2 Å². The normalized spacial score (nSPS) is 18.2. The zero-order valence-electron chi connectivity index (χ0n) is 16.8. The molecule has 0 saturated carbocycles. The number of carbonyl (C=O) groups excluding carboxylic acids is 1. The molecule has 7 nitrogen and oxygen atoms in total. The lowest BCUT2D eigenvalue weighted by Crippen LogP contribution is -2.49. The second kappa shape index (κ2) is 7.14. The average Bonchev–Trinajstić information content (AvgIpc) is 3.36. The Morgan fingerprint density at radius 2 is 1.90 bits per heavy atom. The first-order chi connectivity index (χ1) is 14.8. The lowest BCUT2D eigenvalue weighted by molar-refractivity contribution is -0.137. The number of amidine groups is 1. The van der Waals surface area contributed by atoms with Gasteiger partial charge in [-0.15, -0.1) is 0 Å². The van der Waals surface area contributed by atoms with Crippen molar-refractivity contribution in [1.82, 2.24) is 9.80 Å². The Bertz CT molecular complexity index is 1100. The van der Waals surface area contributed by atoms with E-state index in [4.69, 9.17) is 4.42 Å². The third-order valence-electron chi connectivity index (χ3n) is 5.80. The number of carbonyl (C=O) groups is 1. The zero-order chi connectivity index (χ0) is 21.8. The number of furan rings is 1. The third kappa shape index (κ3) is 3.35. The molecule has 0 bridgehead atoms. The van der Waals surface area contributed by atoms with Crippen LogP contribution in [0.5, 0.6) is 0 Å². The van der Waals surface area contributed by atoms with E-state index in [9.17, 15) is 18.0 Å². The first-order valence-corrected chi connectivity index (χ1v) is 10.0. The molecular weight excluding hydrogens is 411 g/mol. The van der Waals surface area contributed by atoms with Gasteiger partial charge in [0.15, 0.2) is 0 Å². The highest BCUT2D eigenvalue weighted by molar-refractivity contribution is 6.17. The summed E-state index contributed by atoms with van der Waals surface area (Å²) < 4.78 is 44.8. The Hall–Kier alpha value is -3.30. The number of nitrogens with zero attached hydrogens (tertiary/aromatic N) is 5. The van der Waals surface area contributed by atoms with E-state index in [1.54, 1.807) is 24.2 Å². The number of amides is 1. The molecule has 4 heterocycles. The van der Waals surface area contributed by atoms with Gasteiger partial charge in [0.25, 0.3) is 5.91 Å². The lowest BCUT2D eigenvalue weighted by Gasteiger charge is -2.36. The molecule has 1 amide bonds. The van der Waals surface area contributed by atoms with Gasteiger partial charge in [-0.1, -0.05) is 6.07 Å². The third-order valence-corrected chi connectivity index (χ3v) is 5.80. The van der Waals surface area contributed by atoms with Gasteiger partial charge < -0.3 is 19.1 Å². The van der Waals surface area contributed by atoms with Crippen LogP contribution in [0.15, 0.2) is 38.7 Å². The molecule has 3 aliphatic heterocycles. The topological polar surface area (TPSA) is 64.7 Å². The Morgan fingerprint density at radius 3 is 2.65 bits per heavy atom. The van der Waals surface area contributed by atoms with Crippen molar-refractivity contribution in [1.29, 1.82) is 0 Å². The van der Waals surface area contributed by atoms with Gasteiger partial charge in [0.1, 0.15) is 17.9 Å². The van der Waals surface area contributed by atoms with Crippen LogP contribution in [0.3, 0.4) is 0 Å². The summed E-state index contributed by atoms with van der Waals surface area (Å²) in [7, 11) is 0. The number of alkyl halides is 3. The largest absolute Gasteiger partial charge is 0.442 e. The van der Waals surface area contributed by atoms with Crippen LogP contribution in [0.25, 0.3) is 0 Å². The van der Waals surface area contributed by atoms with E-state index >= 15 is 0 Å². The highest BCUT2D eigenvalue weighted by Crippen LogP contribution is 2.36.